The van der Waals surface area contributed by atoms with Crippen LogP contribution in [0.5, 0.6) is 0 Å². The van der Waals surface area contributed by atoms with E-state index in [1.807, 2.05) is 36.7 Å². The minimum Gasteiger partial charge on any atom is -0.480 e. The van der Waals surface area contributed by atoms with Gasteiger partial charge in [0.2, 0.25) is 11.9 Å². The second-order valence-electron chi connectivity index (χ2n) is 18.0. The lowest BCUT2D eigenvalue weighted by atomic mass is 10.1. The summed E-state index contributed by atoms with van der Waals surface area (Å²) in [7, 11) is 0. The van der Waals surface area contributed by atoms with E-state index in [2.05, 4.69) is 84.4 Å². The molecular weight excluding hydrogens is 1020 g/mol. The number of H-pyrrole nitrogens is 2. The van der Waals surface area contributed by atoms with Crippen LogP contribution in [-0.2, 0) is 27.2 Å². The van der Waals surface area contributed by atoms with Crippen LogP contribution in [0.3, 0.4) is 0 Å². The summed E-state index contributed by atoms with van der Waals surface area (Å²) in [6, 6.07) is 16.6. The Bertz CT molecular complexity index is 3290. The molecule has 0 saturated carbocycles. The van der Waals surface area contributed by atoms with Crippen LogP contribution in [0.1, 0.15) is 101 Å². The average molecular weight is 1090 g/mol. The molecule has 24 heteroatoms. The zero-order valence-electron chi connectivity index (χ0n) is 43.3. The standard InChI is InChI=1S/C28H33N7O4S.C25H27N7O4S/c1-16(2)39-27(38)22(15-30-25(36)23-11-7-13-40-23)34-26(37)24-17(3)32-28(33-18(24)4)29-12-6-9-19-8-5-10-21-20(19)14-31-35-21;1-14-21(23(34)31-19(24(35)36)13-27-22(33)20-9-5-11-37-20)15(2)30-25(29-14)26-10-4-7-16-6-3-8-18-17(16)12-28-32-18/h5,7-8,10-11,13-14,16,22H,6,9,12,15H2,1-4H3,(H,30,36)(H,31,35)(H,34,37)(H,29,32,33);3,5-6,8-9,11-12,19H,4,7,10,13H2,1-2H3,(H,27,33)(H,28,32)(H,31,34)(H,35,36)(H,26,29,30)/t22-;19-/m00/s1. The number of aromatic amines is 2. The summed E-state index contributed by atoms with van der Waals surface area (Å²) in [6.07, 6.45) is 6.68. The molecule has 0 saturated heterocycles. The number of hydrogen-bond donors (Lipinski definition) is 9. The number of amides is 4. The van der Waals surface area contributed by atoms with E-state index in [-0.39, 0.29) is 36.2 Å². The Labute approximate surface area is 451 Å². The van der Waals surface area contributed by atoms with E-state index in [1.54, 1.807) is 76.6 Å². The van der Waals surface area contributed by atoms with Crippen LogP contribution in [-0.4, -0.2) is 125 Å². The molecule has 77 heavy (non-hydrogen) atoms. The van der Waals surface area contributed by atoms with Gasteiger partial charge < -0.3 is 41.7 Å². The van der Waals surface area contributed by atoms with Gasteiger partial charge in [-0.25, -0.2) is 29.5 Å². The number of fused-ring (bicyclic) bond motifs is 2. The predicted octanol–water partition coefficient (Wildman–Crippen LogP) is 6.24. The largest absolute Gasteiger partial charge is 0.480 e. The summed E-state index contributed by atoms with van der Waals surface area (Å²) < 4.78 is 5.31. The summed E-state index contributed by atoms with van der Waals surface area (Å²) in [5.41, 5.74) is 6.67. The summed E-state index contributed by atoms with van der Waals surface area (Å²) in [6.45, 7) is 11.1. The molecule has 402 valence electrons. The van der Waals surface area contributed by atoms with Gasteiger partial charge in [-0.3, -0.25) is 29.4 Å². The van der Waals surface area contributed by atoms with Crippen LogP contribution >= 0.6 is 22.7 Å². The van der Waals surface area contributed by atoms with Crippen molar-refractivity contribution in [3.8, 4) is 0 Å². The lowest BCUT2D eigenvalue weighted by molar-refractivity contribution is -0.149. The van der Waals surface area contributed by atoms with Crippen LogP contribution in [0.4, 0.5) is 11.9 Å². The normalized spacial score (nSPS) is 11.8. The molecule has 0 unspecified atom stereocenters. The number of aromatic nitrogens is 8. The van der Waals surface area contributed by atoms with Gasteiger partial charge in [0.1, 0.15) is 12.1 Å². The first-order chi connectivity index (χ1) is 37.1. The first-order valence-electron chi connectivity index (χ1n) is 24.7. The molecule has 6 heterocycles. The maximum absolute atomic E-state index is 13.2. The highest BCUT2D eigenvalue weighted by Gasteiger charge is 2.28. The SMILES string of the molecule is Cc1nc(NCCCc2cccc3[nH]ncc23)nc(C)c1C(=O)N[C@@H](CNC(=O)c1cccs1)C(=O)O.Cc1nc(NCCCc2cccc3[nH]ncc23)nc(C)c1C(=O)N[C@@H](CNC(=O)c1cccs1)C(=O)OC(C)C. The number of thiophene rings is 2. The van der Waals surface area contributed by atoms with Gasteiger partial charge in [-0.05, 0) is 113 Å². The first-order valence-corrected chi connectivity index (χ1v) is 26.5. The summed E-state index contributed by atoms with van der Waals surface area (Å²) in [5.74, 6) is -2.96. The maximum atomic E-state index is 13.2. The summed E-state index contributed by atoms with van der Waals surface area (Å²) in [4.78, 5) is 93.7. The van der Waals surface area contributed by atoms with Crippen LogP contribution in [0.2, 0.25) is 0 Å². The predicted molar refractivity (Wildman–Crippen MR) is 293 cm³/mol. The van der Waals surface area contributed by atoms with Gasteiger partial charge in [-0.1, -0.05) is 36.4 Å². The van der Waals surface area contributed by atoms with Gasteiger partial charge in [0, 0.05) is 37.0 Å². The molecule has 0 fully saturated rings. The third-order valence-electron chi connectivity index (χ3n) is 11.9. The molecule has 0 spiro atoms. The molecule has 0 radical (unpaired) electrons. The molecule has 22 nitrogen and oxygen atoms in total. The molecule has 0 aliphatic carbocycles. The molecule has 2 aromatic carbocycles. The van der Waals surface area contributed by atoms with Crippen molar-refractivity contribution in [3.63, 3.8) is 0 Å². The summed E-state index contributed by atoms with van der Waals surface area (Å²) in [5, 5.41) is 46.2. The quantitative estimate of drug-likeness (QED) is 0.0253. The van der Waals surface area contributed by atoms with Crippen molar-refractivity contribution in [2.45, 2.75) is 85.4 Å². The van der Waals surface area contributed by atoms with Crippen LogP contribution in [0.15, 0.2) is 83.8 Å². The Hall–Kier alpha value is -8.64. The number of esters is 1. The number of carboxylic acid groups (broad SMARTS) is 1. The lowest BCUT2D eigenvalue weighted by Crippen LogP contribution is -2.50. The van der Waals surface area contributed by atoms with E-state index in [4.69, 9.17) is 4.74 Å². The molecule has 6 aromatic heterocycles. The van der Waals surface area contributed by atoms with Crippen LogP contribution in [0.25, 0.3) is 21.8 Å². The van der Waals surface area contributed by atoms with Gasteiger partial charge in [-0.2, -0.15) is 10.2 Å². The number of nitrogens with one attached hydrogen (secondary N) is 8. The minimum absolute atomic E-state index is 0.126. The Morgan fingerprint density at radius 3 is 1.42 bits per heavy atom. The Morgan fingerprint density at radius 1 is 0.584 bits per heavy atom. The van der Waals surface area contributed by atoms with Crippen molar-refractivity contribution in [1.29, 1.82) is 0 Å². The van der Waals surface area contributed by atoms with E-state index in [9.17, 15) is 33.9 Å². The number of aliphatic carboxylic acids is 1. The molecule has 9 N–H and O–H groups in total. The maximum Gasteiger partial charge on any atom is 0.330 e. The van der Waals surface area contributed by atoms with Crippen molar-refractivity contribution in [1.82, 2.24) is 61.6 Å². The minimum atomic E-state index is -1.31. The highest BCUT2D eigenvalue weighted by Crippen LogP contribution is 2.21. The number of carbonyl (C=O) groups excluding carboxylic acids is 5. The molecular formula is C53H60N14O8S2. The van der Waals surface area contributed by atoms with Gasteiger partial charge in [0.25, 0.3) is 23.6 Å². The summed E-state index contributed by atoms with van der Waals surface area (Å²) >= 11 is 2.52. The zero-order valence-corrected chi connectivity index (χ0v) is 44.9. The molecule has 4 amide bonds. The topological polar surface area (TPSA) is 313 Å². The third-order valence-corrected chi connectivity index (χ3v) is 13.7. The average Bonchev–Trinajstić information content (AvgIpc) is 4.26. The second-order valence-corrected chi connectivity index (χ2v) is 19.9. The Balaban J connectivity index is 0.000000224. The fourth-order valence-electron chi connectivity index (χ4n) is 8.25. The van der Waals surface area contributed by atoms with E-state index in [1.165, 1.54) is 33.8 Å². The highest BCUT2D eigenvalue weighted by atomic mass is 32.1. The first kappa shape index (κ1) is 56.1. The monoisotopic (exact) mass is 1080 g/mol. The van der Waals surface area contributed by atoms with E-state index >= 15 is 0 Å². The Kier molecular flexibility index (Phi) is 19.5. The molecule has 0 aliphatic rings. The van der Waals surface area contributed by atoms with Gasteiger partial charge in [0.15, 0.2) is 0 Å². The lowest BCUT2D eigenvalue weighted by Gasteiger charge is -2.20. The fraction of sp³-hybridized carbons (Fsp3) is 0.321. The number of carboxylic acids is 1. The number of nitrogens with zero attached hydrogens (tertiary/aromatic N) is 6. The van der Waals surface area contributed by atoms with Crippen LogP contribution in [0, 0.1) is 27.7 Å². The number of rotatable bonds is 23. The van der Waals surface area contributed by atoms with Gasteiger partial charge in [-0.15, -0.1) is 22.7 Å². The molecule has 0 bridgehead atoms. The second kappa shape index (κ2) is 26.7. The molecule has 0 aliphatic heterocycles. The molecule has 8 aromatic rings. The van der Waals surface area contributed by atoms with Gasteiger partial charge in [0.05, 0.1) is 73.2 Å². The highest BCUT2D eigenvalue weighted by molar-refractivity contribution is 7.12. The molecule has 2 atom stereocenters. The fourth-order valence-corrected chi connectivity index (χ4v) is 9.53. The zero-order chi connectivity index (χ0) is 55.0. The van der Waals surface area contributed by atoms with Crippen molar-refractivity contribution in [3.05, 3.63) is 139 Å². The van der Waals surface area contributed by atoms with E-state index in [0.29, 0.717) is 57.5 Å². The number of hydrogen-bond acceptors (Lipinski definition) is 17. The number of anilines is 2. The van der Waals surface area contributed by atoms with Crippen molar-refractivity contribution >= 4 is 91.9 Å². The number of ether oxygens (including phenoxy) is 1. The molecule has 8 rings (SSSR count). The smallest absolute Gasteiger partial charge is 0.330 e. The van der Waals surface area contributed by atoms with E-state index < -0.39 is 41.7 Å². The van der Waals surface area contributed by atoms with Crippen molar-refractivity contribution in [2.24, 2.45) is 0 Å². The number of carbonyl (C=O) groups is 6. The third kappa shape index (κ3) is 15.3. The van der Waals surface area contributed by atoms with Crippen molar-refractivity contribution < 1.29 is 38.6 Å². The van der Waals surface area contributed by atoms with Crippen molar-refractivity contribution in [2.75, 3.05) is 36.8 Å². The van der Waals surface area contributed by atoms with E-state index in [0.717, 1.165) is 47.5 Å². The van der Waals surface area contributed by atoms with Crippen LogP contribution < -0.4 is 31.9 Å². The number of benzene rings is 2. The number of aryl methyl sites for hydroxylation is 6. The van der Waals surface area contributed by atoms with Gasteiger partial charge >= 0.3 is 11.9 Å². The Morgan fingerprint density at radius 2 is 1.01 bits per heavy atom.